The van der Waals surface area contributed by atoms with Gasteiger partial charge in [0.2, 0.25) is 5.91 Å². The Hall–Kier alpha value is -1.40. The highest BCUT2D eigenvalue weighted by Crippen LogP contribution is 2.11. The molecule has 6 heteroatoms. The molecule has 1 atom stereocenters. The number of fused-ring (bicyclic) bond motifs is 1. The minimum absolute atomic E-state index is 0.00958. The molecule has 0 saturated heterocycles. The Balaban J connectivity index is 1.92. The van der Waals surface area contributed by atoms with E-state index in [-0.39, 0.29) is 11.9 Å². The predicted molar refractivity (Wildman–Crippen MR) is 70.9 cm³/mol. The first-order valence-electron chi connectivity index (χ1n) is 5.92. The molecule has 0 spiro atoms. The molecule has 2 heterocycles. The van der Waals surface area contributed by atoms with Gasteiger partial charge in [0.25, 0.3) is 0 Å². The Morgan fingerprint density at radius 3 is 3.17 bits per heavy atom. The Labute approximate surface area is 110 Å². The minimum atomic E-state index is -0.00958. The number of carbonyl (C=O) groups excluding carboxylic acids is 1. The Morgan fingerprint density at radius 1 is 1.67 bits per heavy atom. The molecule has 18 heavy (non-hydrogen) atoms. The summed E-state index contributed by atoms with van der Waals surface area (Å²) in [5.41, 5.74) is 0.798. The first kappa shape index (κ1) is 13.0. The van der Waals surface area contributed by atoms with Gasteiger partial charge in [-0.1, -0.05) is 6.92 Å². The van der Waals surface area contributed by atoms with E-state index in [9.17, 15) is 4.79 Å². The number of amides is 1. The van der Waals surface area contributed by atoms with Gasteiger partial charge in [-0.2, -0.15) is 0 Å². The molecule has 2 aromatic rings. The lowest BCUT2D eigenvalue weighted by Crippen LogP contribution is -2.38. The summed E-state index contributed by atoms with van der Waals surface area (Å²) in [6.07, 6.45) is 5.00. The van der Waals surface area contributed by atoms with Crippen LogP contribution in [0.1, 0.15) is 19.0 Å². The number of ether oxygens (including phenoxy) is 1. The van der Waals surface area contributed by atoms with E-state index in [0.29, 0.717) is 13.0 Å². The molecule has 0 aliphatic carbocycles. The molecule has 1 N–H and O–H groups in total. The van der Waals surface area contributed by atoms with Crippen LogP contribution in [0.2, 0.25) is 0 Å². The lowest BCUT2D eigenvalue weighted by atomic mass is 10.2. The van der Waals surface area contributed by atoms with Crippen LogP contribution in [0, 0.1) is 0 Å². The van der Waals surface area contributed by atoms with Gasteiger partial charge in [-0.3, -0.25) is 9.20 Å². The van der Waals surface area contributed by atoms with Crippen LogP contribution >= 0.6 is 11.3 Å². The standard InChI is InChI=1S/C12H17N3O2S/c1-3-9(8-17-2)13-11(16)6-10-7-15-4-5-18-12(15)14-10/h4-5,7,9H,3,6,8H2,1-2H3,(H,13,16). The zero-order valence-corrected chi connectivity index (χ0v) is 11.4. The van der Waals surface area contributed by atoms with Crippen molar-refractivity contribution >= 4 is 22.2 Å². The van der Waals surface area contributed by atoms with E-state index in [1.165, 1.54) is 0 Å². The SMILES string of the molecule is CCC(COC)NC(=O)Cc1cn2ccsc2n1. The third kappa shape index (κ3) is 3.08. The monoisotopic (exact) mass is 267 g/mol. The van der Waals surface area contributed by atoms with Crippen LogP contribution in [0.15, 0.2) is 17.8 Å². The Bertz CT molecular complexity index is 492. The summed E-state index contributed by atoms with van der Waals surface area (Å²) in [4.78, 5) is 17.1. The van der Waals surface area contributed by atoms with Crippen molar-refractivity contribution in [1.82, 2.24) is 14.7 Å². The summed E-state index contributed by atoms with van der Waals surface area (Å²) in [5.74, 6) is -0.00958. The van der Waals surface area contributed by atoms with E-state index >= 15 is 0 Å². The van der Waals surface area contributed by atoms with Crippen molar-refractivity contribution in [2.24, 2.45) is 0 Å². The van der Waals surface area contributed by atoms with Gasteiger partial charge in [0.1, 0.15) is 0 Å². The number of nitrogens with one attached hydrogen (secondary N) is 1. The molecule has 1 amide bonds. The van der Waals surface area contributed by atoms with Gasteiger partial charge >= 0.3 is 0 Å². The normalized spacial score (nSPS) is 12.8. The minimum Gasteiger partial charge on any atom is -0.383 e. The van der Waals surface area contributed by atoms with Crippen LogP contribution in [-0.2, 0) is 16.0 Å². The summed E-state index contributed by atoms with van der Waals surface area (Å²) in [7, 11) is 1.64. The summed E-state index contributed by atoms with van der Waals surface area (Å²) in [5, 5.41) is 4.91. The Morgan fingerprint density at radius 2 is 2.50 bits per heavy atom. The molecule has 0 radical (unpaired) electrons. The molecule has 1 unspecified atom stereocenters. The lowest BCUT2D eigenvalue weighted by molar-refractivity contribution is -0.121. The quantitative estimate of drug-likeness (QED) is 0.862. The van der Waals surface area contributed by atoms with Crippen molar-refractivity contribution in [2.75, 3.05) is 13.7 Å². The van der Waals surface area contributed by atoms with Gasteiger partial charge in [-0.15, -0.1) is 11.3 Å². The molecular formula is C12H17N3O2S. The largest absolute Gasteiger partial charge is 0.383 e. The average molecular weight is 267 g/mol. The molecule has 0 bridgehead atoms. The van der Waals surface area contributed by atoms with Crippen LogP contribution in [0.5, 0.6) is 0 Å². The van der Waals surface area contributed by atoms with E-state index < -0.39 is 0 Å². The van der Waals surface area contributed by atoms with Gasteiger partial charge in [0, 0.05) is 24.9 Å². The number of hydrogen-bond donors (Lipinski definition) is 1. The van der Waals surface area contributed by atoms with Gasteiger partial charge in [0.15, 0.2) is 4.96 Å². The topological polar surface area (TPSA) is 55.6 Å². The van der Waals surface area contributed by atoms with Crippen molar-refractivity contribution in [2.45, 2.75) is 25.8 Å². The summed E-state index contributed by atoms with van der Waals surface area (Å²) in [6, 6.07) is 0.0752. The first-order valence-corrected chi connectivity index (χ1v) is 6.80. The molecule has 0 aliphatic rings. The highest BCUT2D eigenvalue weighted by molar-refractivity contribution is 7.15. The number of aromatic nitrogens is 2. The predicted octanol–water partition coefficient (Wildman–Crippen LogP) is 1.48. The van der Waals surface area contributed by atoms with Crippen molar-refractivity contribution < 1.29 is 9.53 Å². The lowest BCUT2D eigenvalue weighted by Gasteiger charge is -2.15. The molecule has 0 aliphatic heterocycles. The van der Waals surface area contributed by atoms with Crippen molar-refractivity contribution in [3.63, 3.8) is 0 Å². The maximum atomic E-state index is 11.8. The average Bonchev–Trinajstić information content (AvgIpc) is 2.88. The number of carbonyl (C=O) groups is 1. The van der Waals surface area contributed by atoms with Crippen molar-refractivity contribution in [3.8, 4) is 0 Å². The fourth-order valence-electron chi connectivity index (χ4n) is 1.77. The molecule has 2 aromatic heterocycles. The van der Waals surface area contributed by atoms with Crippen LogP contribution in [0.25, 0.3) is 4.96 Å². The molecular weight excluding hydrogens is 250 g/mol. The number of methoxy groups -OCH3 is 1. The second-order valence-corrected chi connectivity index (χ2v) is 5.00. The fraction of sp³-hybridized carbons (Fsp3) is 0.500. The van der Waals surface area contributed by atoms with E-state index in [4.69, 9.17) is 4.74 Å². The number of hydrogen-bond acceptors (Lipinski definition) is 4. The summed E-state index contributed by atoms with van der Waals surface area (Å²) in [6.45, 7) is 2.57. The van der Waals surface area contributed by atoms with Crippen molar-refractivity contribution in [3.05, 3.63) is 23.5 Å². The molecule has 5 nitrogen and oxygen atoms in total. The van der Waals surface area contributed by atoms with Gasteiger partial charge < -0.3 is 10.1 Å². The second-order valence-electron chi connectivity index (χ2n) is 4.13. The second kappa shape index (κ2) is 5.97. The third-order valence-corrected chi connectivity index (χ3v) is 3.48. The van der Waals surface area contributed by atoms with Gasteiger partial charge in [-0.05, 0) is 6.42 Å². The van der Waals surface area contributed by atoms with Crippen LogP contribution < -0.4 is 5.32 Å². The maximum absolute atomic E-state index is 11.8. The number of thiazole rings is 1. The molecule has 98 valence electrons. The highest BCUT2D eigenvalue weighted by Gasteiger charge is 2.12. The van der Waals surface area contributed by atoms with E-state index in [2.05, 4.69) is 10.3 Å². The third-order valence-electron chi connectivity index (χ3n) is 2.71. The summed E-state index contributed by atoms with van der Waals surface area (Å²) >= 11 is 1.56. The molecule has 0 aromatic carbocycles. The molecule has 0 fully saturated rings. The van der Waals surface area contributed by atoms with Gasteiger partial charge in [-0.25, -0.2) is 4.98 Å². The van der Waals surface area contributed by atoms with Gasteiger partial charge in [0.05, 0.1) is 24.8 Å². The first-order chi connectivity index (χ1) is 8.72. The van der Waals surface area contributed by atoms with Crippen LogP contribution in [0.3, 0.4) is 0 Å². The van der Waals surface area contributed by atoms with Crippen LogP contribution in [-0.4, -0.2) is 35.1 Å². The highest BCUT2D eigenvalue weighted by atomic mass is 32.1. The number of rotatable bonds is 6. The Kier molecular flexibility index (Phi) is 4.33. The molecule has 2 rings (SSSR count). The van der Waals surface area contributed by atoms with E-state index in [0.717, 1.165) is 17.1 Å². The number of nitrogens with zero attached hydrogens (tertiary/aromatic N) is 2. The van der Waals surface area contributed by atoms with Crippen molar-refractivity contribution in [1.29, 1.82) is 0 Å². The number of imidazole rings is 1. The van der Waals surface area contributed by atoms with E-state index in [1.54, 1.807) is 18.4 Å². The summed E-state index contributed by atoms with van der Waals surface area (Å²) < 4.78 is 6.98. The zero-order chi connectivity index (χ0) is 13.0. The van der Waals surface area contributed by atoms with E-state index in [1.807, 2.05) is 29.1 Å². The van der Waals surface area contributed by atoms with Crippen LogP contribution in [0.4, 0.5) is 0 Å². The molecule has 0 saturated carbocycles. The fourth-order valence-corrected chi connectivity index (χ4v) is 2.49. The smallest absolute Gasteiger partial charge is 0.226 e. The zero-order valence-electron chi connectivity index (χ0n) is 10.5. The maximum Gasteiger partial charge on any atom is 0.226 e.